The first-order chi connectivity index (χ1) is 7.58. The summed E-state index contributed by atoms with van der Waals surface area (Å²) in [5, 5.41) is 9.30. The van der Waals surface area contributed by atoms with Crippen molar-refractivity contribution in [1.82, 2.24) is 0 Å². The maximum absolute atomic E-state index is 8.60. The molecule has 0 saturated heterocycles. The van der Waals surface area contributed by atoms with Crippen LogP contribution < -0.4 is 4.90 Å². The fourth-order valence-corrected chi connectivity index (χ4v) is 2.07. The van der Waals surface area contributed by atoms with E-state index >= 15 is 0 Å². The van der Waals surface area contributed by atoms with E-state index in [1.54, 1.807) is 0 Å². The van der Waals surface area contributed by atoms with Crippen LogP contribution >= 0.6 is 11.8 Å². The molecule has 0 unspecified atom stereocenters. The van der Waals surface area contributed by atoms with E-state index in [9.17, 15) is 0 Å². The zero-order chi connectivity index (χ0) is 12.1. The van der Waals surface area contributed by atoms with E-state index in [2.05, 4.69) is 37.0 Å². The van der Waals surface area contributed by atoms with Crippen LogP contribution in [0.4, 0.5) is 5.69 Å². The highest BCUT2D eigenvalue weighted by atomic mass is 32.2. The molecule has 16 heavy (non-hydrogen) atoms. The number of nitrogens with zero attached hydrogens (tertiary/aromatic N) is 3. The molecule has 0 aliphatic rings. The molecule has 3 nitrogen and oxygen atoms in total. The van der Waals surface area contributed by atoms with Crippen LogP contribution in [-0.4, -0.2) is 18.5 Å². The summed E-state index contributed by atoms with van der Waals surface area (Å²) in [6.07, 6.45) is 3.74. The normalized spacial score (nSPS) is 11.1. The van der Waals surface area contributed by atoms with Crippen LogP contribution in [0, 0.1) is 25.3 Å². The van der Waals surface area contributed by atoms with Gasteiger partial charge in [0.2, 0.25) is 6.19 Å². The maximum atomic E-state index is 8.60. The van der Waals surface area contributed by atoms with Crippen LogP contribution in [0.15, 0.2) is 23.2 Å². The smallest absolute Gasteiger partial charge is 0.208 e. The highest BCUT2D eigenvalue weighted by Gasteiger charge is 2.08. The molecular formula is C12H15N3S. The Balaban J connectivity index is 3.09. The molecule has 1 aromatic rings. The molecule has 0 aliphatic carbocycles. The summed E-state index contributed by atoms with van der Waals surface area (Å²) in [6.45, 7) is 4.12. The number of amidine groups is 1. The molecule has 0 radical (unpaired) electrons. The van der Waals surface area contributed by atoms with Crippen molar-refractivity contribution in [3.05, 3.63) is 29.3 Å². The van der Waals surface area contributed by atoms with Gasteiger partial charge >= 0.3 is 0 Å². The summed E-state index contributed by atoms with van der Waals surface area (Å²) in [7, 11) is 1.92. The SMILES string of the molecule is CSC(=NC#N)N(C)c1cc(C)cc(C)c1. The molecule has 4 heteroatoms. The fourth-order valence-electron chi connectivity index (χ4n) is 1.56. The number of benzene rings is 1. The molecule has 0 aromatic heterocycles. The highest BCUT2D eigenvalue weighted by Crippen LogP contribution is 2.20. The molecule has 1 rings (SSSR count). The van der Waals surface area contributed by atoms with Gasteiger partial charge in [-0.25, -0.2) is 0 Å². The van der Waals surface area contributed by atoms with Crippen molar-refractivity contribution in [2.24, 2.45) is 4.99 Å². The Morgan fingerprint density at radius 3 is 2.31 bits per heavy atom. The number of rotatable bonds is 1. The van der Waals surface area contributed by atoms with Gasteiger partial charge in [0.15, 0.2) is 5.17 Å². The maximum Gasteiger partial charge on any atom is 0.208 e. The molecule has 0 aliphatic heterocycles. The number of aliphatic imine (C=N–C) groups is 1. The first-order valence-electron chi connectivity index (χ1n) is 4.91. The van der Waals surface area contributed by atoms with Crippen LogP contribution in [0.25, 0.3) is 0 Å². The molecule has 0 fully saturated rings. The summed E-state index contributed by atoms with van der Waals surface area (Å²) in [4.78, 5) is 5.71. The third-order valence-corrected chi connectivity index (χ3v) is 2.94. The standard InChI is InChI=1S/C12H15N3S/c1-9-5-10(2)7-11(6-9)15(3)12(16-4)14-8-13/h5-7H,1-4H3. The van der Waals surface area contributed by atoms with Gasteiger partial charge in [0.1, 0.15) is 0 Å². The van der Waals surface area contributed by atoms with Crippen LogP contribution in [0.1, 0.15) is 11.1 Å². The van der Waals surface area contributed by atoms with Crippen molar-refractivity contribution >= 4 is 22.6 Å². The summed E-state index contributed by atoms with van der Waals surface area (Å²) in [5.74, 6) is 0. The van der Waals surface area contributed by atoms with Crippen LogP contribution in [0.3, 0.4) is 0 Å². The Labute approximate surface area is 101 Å². The van der Waals surface area contributed by atoms with E-state index in [1.807, 2.05) is 24.4 Å². The average Bonchev–Trinajstić information content (AvgIpc) is 2.23. The van der Waals surface area contributed by atoms with Crippen LogP contribution in [-0.2, 0) is 0 Å². The van der Waals surface area contributed by atoms with Crippen LogP contribution in [0.5, 0.6) is 0 Å². The first-order valence-corrected chi connectivity index (χ1v) is 6.13. The number of hydrogen-bond donors (Lipinski definition) is 0. The van der Waals surface area contributed by atoms with E-state index in [0.717, 1.165) is 5.69 Å². The molecule has 0 amide bonds. The summed E-state index contributed by atoms with van der Waals surface area (Å²) in [6, 6.07) is 6.28. The number of nitriles is 1. The molecule has 84 valence electrons. The predicted octanol–water partition coefficient (Wildman–Crippen LogP) is 2.94. The van der Waals surface area contributed by atoms with Crippen molar-refractivity contribution in [2.45, 2.75) is 13.8 Å². The molecule has 1 aromatic carbocycles. The zero-order valence-electron chi connectivity index (χ0n) is 9.98. The highest BCUT2D eigenvalue weighted by molar-refractivity contribution is 8.13. The lowest BCUT2D eigenvalue weighted by molar-refractivity contribution is 1.25. The third-order valence-electron chi connectivity index (χ3n) is 2.21. The van der Waals surface area contributed by atoms with Crippen molar-refractivity contribution in [2.75, 3.05) is 18.2 Å². The topological polar surface area (TPSA) is 39.4 Å². The lowest BCUT2D eigenvalue weighted by Crippen LogP contribution is -2.23. The van der Waals surface area contributed by atoms with E-state index in [4.69, 9.17) is 5.26 Å². The summed E-state index contributed by atoms with van der Waals surface area (Å²) < 4.78 is 0. The van der Waals surface area contributed by atoms with Crippen molar-refractivity contribution in [3.63, 3.8) is 0 Å². The van der Waals surface area contributed by atoms with E-state index in [1.165, 1.54) is 22.9 Å². The Hall–Kier alpha value is -1.47. The van der Waals surface area contributed by atoms with Gasteiger partial charge in [0.25, 0.3) is 0 Å². The number of anilines is 1. The van der Waals surface area contributed by atoms with Gasteiger partial charge in [0.05, 0.1) is 0 Å². The Bertz CT molecular complexity index is 426. The quantitative estimate of drug-likeness (QED) is 0.425. The van der Waals surface area contributed by atoms with Gasteiger partial charge in [-0.3, -0.25) is 0 Å². The molecular weight excluding hydrogens is 218 g/mol. The van der Waals surface area contributed by atoms with E-state index in [0.29, 0.717) is 5.17 Å². The fraction of sp³-hybridized carbons (Fsp3) is 0.333. The molecule has 0 N–H and O–H groups in total. The van der Waals surface area contributed by atoms with Gasteiger partial charge in [-0.2, -0.15) is 5.26 Å². The Morgan fingerprint density at radius 1 is 1.31 bits per heavy atom. The average molecular weight is 233 g/mol. The summed E-state index contributed by atoms with van der Waals surface area (Å²) in [5.41, 5.74) is 3.47. The molecule has 0 saturated carbocycles. The van der Waals surface area contributed by atoms with Gasteiger partial charge in [-0.1, -0.05) is 17.8 Å². The van der Waals surface area contributed by atoms with Gasteiger partial charge in [-0.15, -0.1) is 4.99 Å². The predicted molar refractivity (Wildman–Crippen MR) is 70.9 cm³/mol. The molecule has 0 heterocycles. The number of aryl methyl sites for hydroxylation is 2. The largest absolute Gasteiger partial charge is 0.323 e. The van der Waals surface area contributed by atoms with E-state index in [-0.39, 0.29) is 0 Å². The lowest BCUT2D eigenvalue weighted by Gasteiger charge is -2.19. The number of thioether (sulfide) groups is 1. The lowest BCUT2D eigenvalue weighted by atomic mass is 10.1. The zero-order valence-corrected chi connectivity index (χ0v) is 10.8. The number of hydrogen-bond acceptors (Lipinski definition) is 3. The third kappa shape index (κ3) is 3.01. The van der Waals surface area contributed by atoms with Crippen molar-refractivity contribution < 1.29 is 0 Å². The molecule has 0 bridgehead atoms. The minimum Gasteiger partial charge on any atom is -0.323 e. The molecule has 0 atom stereocenters. The van der Waals surface area contributed by atoms with Crippen molar-refractivity contribution in [1.29, 1.82) is 5.26 Å². The first kappa shape index (κ1) is 12.6. The monoisotopic (exact) mass is 233 g/mol. The van der Waals surface area contributed by atoms with E-state index < -0.39 is 0 Å². The Kier molecular flexibility index (Phi) is 4.39. The second-order valence-corrected chi connectivity index (χ2v) is 4.38. The second kappa shape index (κ2) is 5.57. The minimum atomic E-state index is 0.701. The second-order valence-electron chi connectivity index (χ2n) is 3.60. The Morgan fingerprint density at radius 2 is 1.88 bits per heavy atom. The minimum absolute atomic E-state index is 0.701. The van der Waals surface area contributed by atoms with Gasteiger partial charge < -0.3 is 4.90 Å². The van der Waals surface area contributed by atoms with Gasteiger partial charge in [0, 0.05) is 12.7 Å². The van der Waals surface area contributed by atoms with Crippen LogP contribution in [0.2, 0.25) is 0 Å². The van der Waals surface area contributed by atoms with Crippen molar-refractivity contribution in [3.8, 4) is 6.19 Å². The summed E-state index contributed by atoms with van der Waals surface area (Å²) >= 11 is 1.46. The van der Waals surface area contributed by atoms with Gasteiger partial charge in [-0.05, 0) is 43.4 Å². The molecule has 0 spiro atoms.